The van der Waals surface area contributed by atoms with Gasteiger partial charge in [-0.1, -0.05) is 11.3 Å². The van der Waals surface area contributed by atoms with Crippen molar-refractivity contribution in [1.29, 1.82) is 0 Å². The molecule has 0 unspecified atom stereocenters. The monoisotopic (exact) mass is 482 g/mol. The van der Waals surface area contributed by atoms with Crippen molar-refractivity contribution in [2.75, 3.05) is 36.8 Å². The van der Waals surface area contributed by atoms with Crippen LogP contribution >= 0.6 is 11.3 Å². The number of rotatable bonds is 5. The van der Waals surface area contributed by atoms with Gasteiger partial charge in [0.15, 0.2) is 0 Å². The molecule has 0 atom stereocenters. The van der Waals surface area contributed by atoms with Gasteiger partial charge in [-0.3, -0.25) is 4.79 Å². The second-order valence-corrected chi connectivity index (χ2v) is 10.2. The molecule has 0 amide bonds. The summed E-state index contributed by atoms with van der Waals surface area (Å²) in [5.74, 6) is -2.06. The lowest BCUT2D eigenvalue weighted by Crippen LogP contribution is -2.49. The summed E-state index contributed by atoms with van der Waals surface area (Å²) in [6.07, 6.45) is 1.24. The zero-order valence-corrected chi connectivity index (χ0v) is 18.5. The quantitative estimate of drug-likeness (QED) is 0.538. The van der Waals surface area contributed by atoms with Crippen LogP contribution in [0.2, 0.25) is 0 Å². The van der Waals surface area contributed by atoms with Crippen LogP contribution in [0.25, 0.3) is 10.9 Å². The molecular weight excluding hydrogens is 463 g/mol. The first-order valence-corrected chi connectivity index (χ1v) is 11.8. The normalized spacial score (nSPS) is 15.4. The molecule has 0 bridgehead atoms. The highest BCUT2D eigenvalue weighted by molar-refractivity contribution is 7.91. The lowest BCUT2D eigenvalue weighted by Gasteiger charge is -2.35. The third-order valence-corrected chi connectivity index (χ3v) is 8.28. The number of nitrogens with two attached hydrogens (primary N) is 1. The predicted molar refractivity (Wildman–Crippen MR) is 116 cm³/mol. The van der Waals surface area contributed by atoms with E-state index < -0.39 is 32.8 Å². The van der Waals surface area contributed by atoms with Crippen molar-refractivity contribution in [3.8, 4) is 0 Å². The SMILES string of the molecule is CCn1cc(C(=O)O)c(=O)c2cc(F)c(N3CCN(S(=O)(=O)c4nnc(N)s4)CC3)cc21. The van der Waals surface area contributed by atoms with Crippen LogP contribution in [0.1, 0.15) is 17.3 Å². The molecule has 1 aliphatic rings. The number of hydrogen-bond donors (Lipinski definition) is 2. The molecule has 1 aromatic carbocycles. The molecule has 32 heavy (non-hydrogen) atoms. The van der Waals surface area contributed by atoms with E-state index in [1.165, 1.54) is 16.6 Å². The Balaban J connectivity index is 1.65. The number of aryl methyl sites for hydroxylation is 1. The summed E-state index contributed by atoms with van der Waals surface area (Å²) in [5.41, 5.74) is 4.91. The lowest BCUT2D eigenvalue weighted by atomic mass is 10.1. The molecule has 170 valence electrons. The molecule has 3 heterocycles. The molecule has 1 saturated heterocycles. The predicted octanol–water partition coefficient (Wildman–Crippen LogP) is 0.803. The number of sulfonamides is 1. The average Bonchev–Trinajstić information content (AvgIpc) is 3.21. The average molecular weight is 483 g/mol. The molecule has 11 nitrogen and oxygen atoms in total. The van der Waals surface area contributed by atoms with E-state index in [4.69, 9.17) is 5.73 Å². The summed E-state index contributed by atoms with van der Waals surface area (Å²) in [5, 5.41) is 16.4. The Morgan fingerprint density at radius 3 is 2.50 bits per heavy atom. The van der Waals surface area contributed by atoms with E-state index in [1.54, 1.807) is 16.4 Å². The van der Waals surface area contributed by atoms with Gasteiger partial charge in [0.2, 0.25) is 14.9 Å². The summed E-state index contributed by atoms with van der Waals surface area (Å²) < 4.78 is 43.0. The van der Waals surface area contributed by atoms with Gasteiger partial charge < -0.3 is 20.3 Å². The summed E-state index contributed by atoms with van der Waals surface area (Å²) in [6, 6.07) is 2.54. The van der Waals surface area contributed by atoms with Gasteiger partial charge in [0, 0.05) is 44.3 Å². The highest BCUT2D eigenvalue weighted by atomic mass is 32.2. The zero-order valence-electron chi connectivity index (χ0n) is 16.9. The standard InChI is InChI=1S/C18H19FN6O5S2/c1-2-23-9-11(16(27)28)15(26)10-7-12(19)14(8-13(10)23)24-3-5-25(6-4-24)32(29,30)18-22-21-17(20)31-18/h7-9H,2-6H2,1H3,(H2,20,21)(H,27,28). The third kappa shape index (κ3) is 3.69. The lowest BCUT2D eigenvalue weighted by molar-refractivity contribution is 0.0695. The minimum atomic E-state index is -3.84. The number of aromatic carboxylic acids is 1. The van der Waals surface area contributed by atoms with Crippen LogP contribution < -0.4 is 16.1 Å². The van der Waals surface area contributed by atoms with Crippen molar-refractivity contribution >= 4 is 49.1 Å². The van der Waals surface area contributed by atoms with Crippen LogP contribution in [0.5, 0.6) is 0 Å². The van der Waals surface area contributed by atoms with Gasteiger partial charge in [-0.2, -0.15) is 4.31 Å². The molecule has 3 N–H and O–H groups in total. The third-order valence-electron chi connectivity index (χ3n) is 5.28. The second-order valence-electron chi connectivity index (χ2n) is 7.08. The molecule has 14 heteroatoms. The molecule has 0 saturated carbocycles. The fourth-order valence-electron chi connectivity index (χ4n) is 3.66. The number of hydrogen-bond acceptors (Lipinski definition) is 9. The summed E-state index contributed by atoms with van der Waals surface area (Å²) in [6.45, 7) is 2.76. The fraction of sp³-hybridized carbons (Fsp3) is 0.333. The van der Waals surface area contributed by atoms with Crippen LogP contribution in [0.4, 0.5) is 15.2 Å². The number of nitrogen functional groups attached to an aromatic ring is 1. The van der Waals surface area contributed by atoms with Gasteiger partial charge in [0.1, 0.15) is 11.4 Å². The molecule has 3 aromatic rings. The zero-order chi connectivity index (χ0) is 23.2. The number of carboxylic acids is 1. The maximum absolute atomic E-state index is 15.0. The summed E-state index contributed by atoms with van der Waals surface area (Å²) >= 11 is 0.776. The van der Waals surface area contributed by atoms with Crippen LogP contribution in [0.3, 0.4) is 0 Å². The van der Waals surface area contributed by atoms with E-state index >= 15 is 0 Å². The second kappa shape index (κ2) is 8.11. The molecule has 1 aliphatic heterocycles. The number of piperazine rings is 1. The summed E-state index contributed by atoms with van der Waals surface area (Å²) in [7, 11) is -3.84. The van der Waals surface area contributed by atoms with E-state index in [-0.39, 0.29) is 46.7 Å². The smallest absolute Gasteiger partial charge is 0.341 e. The Hall–Kier alpha value is -3.10. The molecular formula is C18H19FN6O5S2. The van der Waals surface area contributed by atoms with Crippen LogP contribution in [0, 0.1) is 5.82 Å². The molecule has 0 aliphatic carbocycles. The topological polar surface area (TPSA) is 152 Å². The van der Waals surface area contributed by atoms with Crippen molar-refractivity contribution < 1.29 is 22.7 Å². The minimum absolute atomic E-state index is 0.0249. The number of fused-ring (bicyclic) bond motifs is 1. The van der Waals surface area contributed by atoms with Gasteiger partial charge >= 0.3 is 5.97 Å². The number of pyridine rings is 1. The number of benzene rings is 1. The number of anilines is 2. The Morgan fingerprint density at radius 2 is 1.94 bits per heavy atom. The van der Waals surface area contributed by atoms with Crippen LogP contribution in [-0.4, -0.2) is 64.7 Å². The first kappa shape index (κ1) is 22.1. The van der Waals surface area contributed by atoms with Gasteiger partial charge in [-0.25, -0.2) is 17.6 Å². The van der Waals surface area contributed by atoms with Crippen LogP contribution in [-0.2, 0) is 16.6 Å². The van der Waals surface area contributed by atoms with Crippen molar-refractivity contribution in [3.05, 3.63) is 39.9 Å². The van der Waals surface area contributed by atoms with Crippen LogP contribution in [0.15, 0.2) is 27.5 Å². The maximum Gasteiger partial charge on any atom is 0.341 e. The molecule has 2 aromatic heterocycles. The fourth-order valence-corrected chi connectivity index (χ4v) is 6.00. The molecule has 1 fully saturated rings. The van der Waals surface area contributed by atoms with E-state index in [9.17, 15) is 27.5 Å². The van der Waals surface area contributed by atoms with Gasteiger partial charge in [0.25, 0.3) is 10.0 Å². The molecule has 0 radical (unpaired) electrons. The number of carboxylic acid groups (broad SMARTS) is 1. The molecule has 4 rings (SSSR count). The number of aromatic nitrogens is 3. The minimum Gasteiger partial charge on any atom is -0.477 e. The largest absolute Gasteiger partial charge is 0.477 e. The van der Waals surface area contributed by atoms with E-state index in [0.29, 0.717) is 12.1 Å². The van der Waals surface area contributed by atoms with E-state index in [2.05, 4.69) is 10.2 Å². The number of carbonyl (C=O) groups is 1. The van der Waals surface area contributed by atoms with Crippen molar-refractivity contribution in [1.82, 2.24) is 19.1 Å². The van der Waals surface area contributed by atoms with Crippen molar-refractivity contribution in [2.45, 2.75) is 17.8 Å². The first-order valence-electron chi connectivity index (χ1n) is 9.57. The van der Waals surface area contributed by atoms with Crippen molar-refractivity contribution in [2.24, 2.45) is 0 Å². The van der Waals surface area contributed by atoms with E-state index in [1.807, 2.05) is 0 Å². The van der Waals surface area contributed by atoms with Gasteiger partial charge in [-0.05, 0) is 19.1 Å². The van der Waals surface area contributed by atoms with Gasteiger partial charge in [-0.15, -0.1) is 10.2 Å². The molecule has 0 spiro atoms. The Labute approximate surface area is 185 Å². The van der Waals surface area contributed by atoms with Crippen molar-refractivity contribution in [3.63, 3.8) is 0 Å². The van der Waals surface area contributed by atoms with Gasteiger partial charge in [0.05, 0.1) is 11.2 Å². The Bertz CT molecular complexity index is 1380. The summed E-state index contributed by atoms with van der Waals surface area (Å²) in [4.78, 5) is 25.6. The van der Waals surface area contributed by atoms with E-state index in [0.717, 1.165) is 17.4 Å². The highest BCUT2D eigenvalue weighted by Crippen LogP contribution is 2.28. The first-order chi connectivity index (χ1) is 15.1. The Morgan fingerprint density at radius 1 is 1.25 bits per heavy atom. The number of halogens is 1. The Kier molecular flexibility index (Phi) is 5.60. The maximum atomic E-state index is 15.0. The highest BCUT2D eigenvalue weighted by Gasteiger charge is 2.32. The number of nitrogens with zero attached hydrogens (tertiary/aromatic N) is 5.